The molecule has 1 aromatic heterocycles. The van der Waals surface area contributed by atoms with Gasteiger partial charge >= 0.3 is 5.97 Å². The Kier molecular flexibility index (Phi) is 3.85. The number of halogens is 1. The molecule has 2 rings (SSSR count). The summed E-state index contributed by atoms with van der Waals surface area (Å²) in [6.07, 6.45) is 0.0188. The van der Waals surface area contributed by atoms with E-state index >= 15 is 0 Å². The zero-order valence-corrected chi connectivity index (χ0v) is 11.4. The SMILES string of the molecule is CCOC(=O)Cc1nn(C(C)=O)c2ccc(Cl)cc12. The molecule has 0 spiro atoms. The van der Waals surface area contributed by atoms with Gasteiger partial charge in [0.15, 0.2) is 0 Å². The first kappa shape index (κ1) is 13.5. The van der Waals surface area contributed by atoms with Crippen LogP contribution in [0.5, 0.6) is 0 Å². The van der Waals surface area contributed by atoms with Crippen molar-refractivity contribution in [2.24, 2.45) is 0 Å². The van der Waals surface area contributed by atoms with Gasteiger partial charge in [-0.2, -0.15) is 5.10 Å². The van der Waals surface area contributed by atoms with Crippen LogP contribution in [0.25, 0.3) is 10.9 Å². The highest BCUT2D eigenvalue weighted by Gasteiger charge is 2.16. The first-order valence-electron chi connectivity index (χ1n) is 5.86. The van der Waals surface area contributed by atoms with E-state index in [-0.39, 0.29) is 18.3 Å². The highest BCUT2D eigenvalue weighted by molar-refractivity contribution is 6.31. The molecule has 0 radical (unpaired) electrons. The Morgan fingerprint density at radius 1 is 1.42 bits per heavy atom. The first-order valence-corrected chi connectivity index (χ1v) is 6.24. The van der Waals surface area contributed by atoms with Crippen LogP contribution in [-0.2, 0) is 16.0 Å². The van der Waals surface area contributed by atoms with Crippen molar-refractivity contribution < 1.29 is 14.3 Å². The standard InChI is InChI=1S/C13H13ClN2O3/c1-3-19-13(18)7-11-10-6-9(14)4-5-12(10)16(15-11)8(2)17/h4-6H,3,7H2,1-2H3. The maximum Gasteiger partial charge on any atom is 0.311 e. The van der Waals surface area contributed by atoms with Crippen LogP contribution < -0.4 is 0 Å². The highest BCUT2D eigenvalue weighted by Crippen LogP contribution is 2.23. The molecule has 0 bridgehead atoms. The zero-order chi connectivity index (χ0) is 14.0. The van der Waals surface area contributed by atoms with Crippen LogP contribution in [0.1, 0.15) is 24.3 Å². The lowest BCUT2D eigenvalue weighted by molar-refractivity contribution is -0.142. The second-order valence-electron chi connectivity index (χ2n) is 4.02. The minimum absolute atomic E-state index is 0.0188. The molecule has 19 heavy (non-hydrogen) atoms. The molecular formula is C13H13ClN2O3. The molecule has 0 atom stereocenters. The van der Waals surface area contributed by atoms with E-state index in [1.54, 1.807) is 25.1 Å². The summed E-state index contributed by atoms with van der Waals surface area (Å²) >= 11 is 5.94. The summed E-state index contributed by atoms with van der Waals surface area (Å²) in [5, 5.41) is 5.38. The summed E-state index contributed by atoms with van der Waals surface area (Å²) in [4.78, 5) is 23.1. The van der Waals surface area contributed by atoms with Crippen LogP contribution in [-0.4, -0.2) is 28.3 Å². The van der Waals surface area contributed by atoms with Gasteiger partial charge in [0.25, 0.3) is 0 Å². The van der Waals surface area contributed by atoms with E-state index < -0.39 is 0 Å². The number of rotatable bonds is 3. The lowest BCUT2D eigenvalue weighted by Gasteiger charge is -1.99. The van der Waals surface area contributed by atoms with Crippen molar-refractivity contribution in [1.29, 1.82) is 0 Å². The number of ether oxygens (including phenoxy) is 1. The van der Waals surface area contributed by atoms with Crippen molar-refractivity contribution in [2.45, 2.75) is 20.3 Å². The van der Waals surface area contributed by atoms with E-state index in [2.05, 4.69) is 5.10 Å². The fourth-order valence-electron chi connectivity index (χ4n) is 1.87. The van der Waals surface area contributed by atoms with Crippen molar-refractivity contribution in [3.05, 3.63) is 28.9 Å². The average Bonchev–Trinajstić information content (AvgIpc) is 2.68. The van der Waals surface area contributed by atoms with Crippen LogP contribution in [0, 0.1) is 0 Å². The van der Waals surface area contributed by atoms with Crippen LogP contribution in [0.15, 0.2) is 18.2 Å². The van der Waals surface area contributed by atoms with Gasteiger partial charge in [0, 0.05) is 17.3 Å². The largest absolute Gasteiger partial charge is 0.466 e. The summed E-state index contributed by atoms with van der Waals surface area (Å²) in [6.45, 7) is 3.46. The van der Waals surface area contributed by atoms with Gasteiger partial charge in [0.1, 0.15) is 0 Å². The summed E-state index contributed by atoms with van der Waals surface area (Å²) in [6, 6.07) is 5.08. The third-order valence-electron chi connectivity index (χ3n) is 2.63. The average molecular weight is 281 g/mol. The molecule has 5 nitrogen and oxygen atoms in total. The lowest BCUT2D eigenvalue weighted by Crippen LogP contribution is -2.10. The van der Waals surface area contributed by atoms with Gasteiger partial charge < -0.3 is 4.74 Å². The van der Waals surface area contributed by atoms with E-state index in [0.29, 0.717) is 28.2 Å². The summed E-state index contributed by atoms with van der Waals surface area (Å²) in [5.41, 5.74) is 1.13. The van der Waals surface area contributed by atoms with Crippen LogP contribution in [0.3, 0.4) is 0 Å². The van der Waals surface area contributed by atoms with Gasteiger partial charge in [0.05, 0.1) is 24.2 Å². The molecule has 0 N–H and O–H groups in total. The molecule has 0 amide bonds. The summed E-state index contributed by atoms with van der Waals surface area (Å²) in [7, 11) is 0. The Morgan fingerprint density at radius 2 is 2.16 bits per heavy atom. The maximum absolute atomic E-state index is 11.5. The van der Waals surface area contributed by atoms with E-state index in [4.69, 9.17) is 16.3 Å². The number of hydrogen-bond acceptors (Lipinski definition) is 4. The molecule has 6 heteroatoms. The molecule has 0 saturated carbocycles. The summed E-state index contributed by atoms with van der Waals surface area (Å²) in [5.74, 6) is -0.597. The van der Waals surface area contributed by atoms with Crippen molar-refractivity contribution in [1.82, 2.24) is 9.78 Å². The maximum atomic E-state index is 11.5. The monoisotopic (exact) mass is 280 g/mol. The van der Waals surface area contributed by atoms with E-state index in [9.17, 15) is 9.59 Å². The van der Waals surface area contributed by atoms with Crippen molar-refractivity contribution >= 4 is 34.4 Å². The third kappa shape index (κ3) is 2.76. The second kappa shape index (κ2) is 5.40. The third-order valence-corrected chi connectivity index (χ3v) is 2.87. The molecule has 0 aliphatic carbocycles. The Hall–Kier alpha value is -1.88. The molecule has 0 saturated heterocycles. The predicted octanol–water partition coefficient (Wildman–Crippen LogP) is 2.46. The molecule has 2 aromatic rings. The minimum atomic E-state index is -0.377. The van der Waals surface area contributed by atoms with E-state index in [0.717, 1.165) is 0 Å². The van der Waals surface area contributed by atoms with Gasteiger partial charge in [-0.25, -0.2) is 4.68 Å². The Labute approximate surface area is 115 Å². The number of aromatic nitrogens is 2. The molecule has 100 valence electrons. The number of carbonyl (C=O) groups excluding carboxylic acids is 2. The number of nitrogens with zero attached hydrogens (tertiary/aromatic N) is 2. The topological polar surface area (TPSA) is 61.2 Å². The number of carbonyl (C=O) groups is 2. The predicted molar refractivity (Wildman–Crippen MR) is 71.4 cm³/mol. The normalized spacial score (nSPS) is 10.7. The number of esters is 1. The number of fused-ring (bicyclic) bond motifs is 1. The fraction of sp³-hybridized carbons (Fsp3) is 0.308. The van der Waals surface area contributed by atoms with Gasteiger partial charge in [-0.1, -0.05) is 11.6 Å². The molecule has 1 heterocycles. The van der Waals surface area contributed by atoms with Gasteiger partial charge in [-0.05, 0) is 25.1 Å². The minimum Gasteiger partial charge on any atom is -0.466 e. The second-order valence-corrected chi connectivity index (χ2v) is 4.46. The van der Waals surface area contributed by atoms with Crippen molar-refractivity contribution in [2.75, 3.05) is 6.61 Å². The van der Waals surface area contributed by atoms with Crippen LogP contribution in [0.2, 0.25) is 5.02 Å². The van der Waals surface area contributed by atoms with Crippen LogP contribution >= 0.6 is 11.6 Å². The molecule has 0 unspecified atom stereocenters. The molecule has 1 aromatic carbocycles. The quantitative estimate of drug-likeness (QED) is 0.810. The number of benzene rings is 1. The molecule has 0 aliphatic rings. The Morgan fingerprint density at radius 3 is 2.79 bits per heavy atom. The van der Waals surface area contributed by atoms with Gasteiger partial charge in [-0.15, -0.1) is 0 Å². The fourth-order valence-corrected chi connectivity index (χ4v) is 2.04. The zero-order valence-electron chi connectivity index (χ0n) is 10.6. The Bertz CT molecular complexity index is 649. The van der Waals surface area contributed by atoms with Crippen molar-refractivity contribution in [3.63, 3.8) is 0 Å². The molecular weight excluding hydrogens is 268 g/mol. The van der Waals surface area contributed by atoms with Crippen LogP contribution in [0.4, 0.5) is 0 Å². The smallest absolute Gasteiger partial charge is 0.311 e. The van der Waals surface area contributed by atoms with Crippen molar-refractivity contribution in [3.8, 4) is 0 Å². The highest BCUT2D eigenvalue weighted by atomic mass is 35.5. The Balaban J connectivity index is 2.51. The van der Waals surface area contributed by atoms with Gasteiger partial charge in [0.2, 0.25) is 5.91 Å². The number of hydrogen-bond donors (Lipinski definition) is 0. The van der Waals surface area contributed by atoms with E-state index in [1.165, 1.54) is 11.6 Å². The first-order chi connectivity index (χ1) is 9.02. The molecule has 0 aliphatic heterocycles. The molecule has 0 fully saturated rings. The van der Waals surface area contributed by atoms with Gasteiger partial charge in [-0.3, -0.25) is 9.59 Å². The lowest BCUT2D eigenvalue weighted by atomic mass is 10.1. The van der Waals surface area contributed by atoms with E-state index in [1.807, 2.05) is 0 Å². The summed E-state index contributed by atoms with van der Waals surface area (Å²) < 4.78 is 6.15.